The zero-order valence-corrected chi connectivity index (χ0v) is 16.6. The van der Waals surface area contributed by atoms with Crippen molar-refractivity contribution in [3.05, 3.63) is 28.2 Å². The lowest BCUT2D eigenvalue weighted by atomic mass is 9.80. The van der Waals surface area contributed by atoms with Crippen molar-refractivity contribution in [2.24, 2.45) is 0 Å². The number of halogens is 2. The standard InChI is InChI=1S/C19H26Cl2N2O3/c1-2-22-18(25)19(10-4-3-5-11-19)23-17(24)7-6-12-26-16-9-8-14(20)13-15(16)21/h8-9,13H,2-7,10-12H2,1H3,(H,22,25)(H,23,24). The highest BCUT2D eigenvalue weighted by Crippen LogP contribution is 2.29. The van der Waals surface area contributed by atoms with Gasteiger partial charge in [0.05, 0.1) is 11.6 Å². The molecule has 144 valence electrons. The molecule has 7 heteroatoms. The molecule has 0 radical (unpaired) electrons. The Balaban J connectivity index is 1.81. The maximum absolute atomic E-state index is 12.5. The van der Waals surface area contributed by atoms with E-state index < -0.39 is 5.54 Å². The van der Waals surface area contributed by atoms with Crippen molar-refractivity contribution in [2.45, 2.75) is 57.4 Å². The molecule has 5 nitrogen and oxygen atoms in total. The lowest BCUT2D eigenvalue weighted by Crippen LogP contribution is -2.59. The number of rotatable bonds is 8. The molecule has 0 bridgehead atoms. The molecule has 2 N–H and O–H groups in total. The van der Waals surface area contributed by atoms with E-state index in [2.05, 4.69) is 10.6 Å². The first-order valence-corrected chi connectivity index (χ1v) is 9.89. The first-order chi connectivity index (χ1) is 12.5. The SMILES string of the molecule is CCNC(=O)C1(NC(=O)CCCOc2ccc(Cl)cc2Cl)CCCCC1. The van der Waals surface area contributed by atoms with Crippen molar-refractivity contribution < 1.29 is 14.3 Å². The highest BCUT2D eigenvalue weighted by Gasteiger charge is 2.40. The summed E-state index contributed by atoms with van der Waals surface area (Å²) in [7, 11) is 0. The normalized spacial score (nSPS) is 16.0. The fraction of sp³-hybridized carbons (Fsp3) is 0.579. The third-order valence-corrected chi connectivity index (χ3v) is 5.09. The Kier molecular flexibility index (Phi) is 8.04. The number of ether oxygens (including phenoxy) is 1. The van der Waals surface area contributed by atoms with Crippen LogP contribution in [0.4, 0.5) is 0 Å². The predicted octanol–water partition coefficient (Wildman–Crippen LogP) is 4.11. The Hall–Kier alpha value is -1.46. The molecule has 0 spiro atoms. The van der Waals surface area contributed by atoms with Crippen molar-refractivity contribution in [1.29, 1.82) is 0 Å². The summed E-state index contributed by atoms with van der Waals surface area (Å²) in [5.41, 5.74) is -0.758. The van der Waals surface area contributed by atoms with Crippen LogP contribution in [-0.2, 0) is 9.59 Å². The molecule has 1 aliphatic rings. The van der Waals surface area contributed by atoms with E-state index in [1.807, 2.05) is 6.92 Å². The van der Waals surface area contributed by atoms with Crippen molar-refractivity contribution in [1.82, 2.24) is 10.6 Å². The van der Waals surface area contributed by atoms with Gasteiger partial charge in [0.1, 0.15) is 11.3 Å². The van der Waals surface area contributed by atoms with Crippen LogP contribution in [0.3, 0.4) is 0 Å². The Bertz CT molecular complexity index is 631. The van der Waals surface area contributed by atoms with Crippen LogP contribution in [0.25, 0.3) is 0 Å². The van der Waals surface area contributed by atoms with E-state index in [1.54, 1.807) is 18.2 Å². The third-order valence-electron chi connectivity index (χ3n) is 4.56. The maximum Gasteiger partial charge on any atom is 0.245 e. The quantitative estimate of drug-likeness (QED) is 0.645. The van der Waals surface area contributed by atoms with E-state index in [1.165, 1.54) is 0 Å². The minimum atomic E-state index is -0.758. The van der Waals surface area contributed by atoms with Gasteiger partial charge in [0.2, 0.25) is 11.8 Å². The lowest BCUT2D eigenvalue weighted by molar-refractivity contribution is -0.135. The Labute approximate surface area is 164 Å². The molecule has 0 heterocycles. The van der Waals surface area contributed by atoms with Crippen molar-refractivity contribution in [2.75, 3.05) is 13.2 Å². The molecular formula is C19H26Cl2N2O3. The van der Waals surface area contributed by atoms with Crippen molar-refractivity contribution in [3.8, 4) is 5.75 Å². The smallest absolute Gasteiger partial charge is 0.245 e. The molecule has 1 aromatic rings. The van der Waals surface area contributed by atoms with Gasteiger partial charge in [-0.3, -0.25) is 9.59 Å². The molecule has 26 heavy (non-hydrogen) atoms. The van der Waals surface area contributed by atoms with Gasteiger partial charge in [-0.25, -0.2) is 0 Å². The molecule has 1 fully saturated rings. The fourth-order valence-corrected chi connectivity index (χ4v) is 3.69. The van der Waals surface area contributed by atoms with Gasteiger partial charge >= 0.3 is 0 Å². The molecule has 0 saturated heterocycles. The Morgan fingerprint density at radius 2 is 1.92 bits per heavy atom. The number of nitrogens with one attached hydrogen (secondary N) is 2. The summed E-state index contributed by atoms with van der Waals surface area (Å²) in [5.74, 6) is 0.351. The molecule has 0 atom stereocenters. The molecule has 1 saturated carbocycles. The summed E-state index contributed by atoms with van der Waals surface area (Å²) in [6, 6.07) is 5.02. The second-order valence-electron chi connectivity index (χ2n) is 6.58. The van der Waals surface area contributed by atoms with E-state index in [0.717, 1.165) is 19.3 Å². The van der Waals surface area contributed by atoms with Crippen LogP contribution in [0, 0.1) is 0 Å². The van der Waals surface area contributed by atoms with Gasteiger partial charge in [-0.15, -0.1) is 0 Å². The molecule has 1 aliphatic carbocycles. The van der Waals surface area contributed by atoms with Crippen LogP contribution in [0.15, 0.2) is 18.2 Å². The first-order valence-electron chi connectivity index (χ1n) is 9.14. The van der Waals surface area contributed by atoms with E-state index in [4.69, 9.17) is 27.9 Å². The highest BCUT2D eigenvalue weighted by molar-refractivity contribution is 6.35. The van der Waals surface area contributed by atoms with E-state index in [9.17, 15) is 9.59 Å². The van der Waals surface area contributed by atoms with Crippen LogP contribution >= 0.6 is 23.2 Å². The van der Waals surface area contributed by atoms with Crippen LogP contribution in [0.5, 0.6) is 5.75 Å². The molecule has 0 aliphatic heterocycles. The van der Waals surface area contributed by atoms with Crippen LogP contribution in [-0.4, -0.2) is 30.5 Å². The average molecular weight is 401 g/mol. The van der Waals surface area contributed by atoms with Crippen molar-refractivity contribution in [3.63, 3.8) is 0 Å². The first kappa shape index (κ1) is 20.8. The molecule has 2 rings (SSSR count). The molecule has 1 aromatic carbocycles. The number of carbonyl (C=O) groups excluding carboxylic acids is 2. The van der Waals surface area contributed by atoms with Crippen LogP contribution in [0.1, 0.15) is 51.9 Å². The molecule has 2 amide bonds. The lowest BCUT2D eigenvalue weighted by Gasteiger charge is -2.36. The number of benzene rings is 1. The summed E-state index contributed by atoms with van der Waals surface area (Å²) >= 11 is 11.9. The number of likely N-dealkylation sites (N-methyl/N-ethyl adjacent to an activating group) is 1. The zero-order valence-electron chi connectivity index (χ0n) is 15.1. The summed E-state index contributed by atoms with van der Waals surface area (Å²) in [5, 5.41) is 6.83. The topological polar surface area (TPSA) is 67.4 Å². The van der Waals surface area contributed by atoms with E-state index in [-0.39, 0.29) is 11.8 Å². The predicted molar refractivity (Wildman–Crippen MR) is 104 cm³/mol. The van der Waals surface area contributed by atoms with Gasteiger partial charge in [-0.2, -0.15) is 0 Å². The minimum Gasteiger partial charge on any atom is -0.492 e. The number of hydrogen-bond acceptors (Lipinski definition) is 3. The monoisotopic (exact) mass is 400 g/mol. The number of hydrogen-bond donors (Lipinski definition) is 2. The summed E-state index contributed by atoms with van der Waals surface area (Å²) < 4.78 is 5.59. The molecular weight excluding hydrogens is 375 g/mol. The third kappa shape index (κ3) is 5.78. The van der Waals surface area contributed by atoms with E-state index in [0.29, 0.717) is 54.6 Å². The summed E-state index contributed by atoms with van der Waals surface area (Å²) in [6.45, 7) is 2.81. The second kappa shape index (κ2) is 10.0. The van der Waals surface area contributed by atoms with Gasteiger partial charge in [0.25, 0.3) is 0 Å². The van der Waals surface area contributed by atoms with Crippen LogP contribution in [0.2, 0.25) is 10.0 Å². The molecule has 0 aromatic heterocycles. The van der Waals surface area contributed by atoms with Crippen molar-refractivity contribution >= 4 is 35.0 Å². The van der Waals surface area contributed by atoms with Crippen LogP contribution < -0.4 is 15.4 Å². The maximum atomic E-state index is 12.5. The van der Waals surface area contributed by atoms with E-state index >= 15 is 0 Å². The fourth-order valence-electron chi connectivity index (χ4n) is 3.23. The van der Waals surface area contributed by atoms with Gasteiger partial charge < -0.3 is 15.4 Å². The highest BCUT2D eigenvalue weighted by atomic mass is 35.5. The van der Waals surface area contributed by atoms with Gasteiger partial charge in [0.15, 0.2) is 0 Å². The minimum absolute atomic E-state index is 0.0720. The average Bonchev–Trinajstić information content (AvgIpc) is 2.61. The van der Waals surface area contributed by atoms with Gasteiger partial charge in [0, 0.05) is 18.0 Å². The Morgan fingerprint density at radius 1 is 1.19 bits per heavy atom. The summed E-state index contributed by atoms with van der Waals surface area (Å²) in [6.07, 6.45) is 5.24. The second-order valence-corrected chi connectivity index (χ2v) is 7.42. The number of carbonyl (C=O) groups is 2. The number of amides is 2. The van der Waals surface area contributed by atoms with Gasteiger partial charge in [-0.05, 0) is 44.4 Å². The largest absolute Gasteiger partial charge is 0.492 e. The van der Waals surface area contributed by atoms with Gasteiger partial charge in [-0.1, -0.05) is 42.5 Å². The zero-order chi connectivity index (χ0) is 19.0. The molecule has 0 unspecified atom stereocenters. The Morgan fingerprint density at radius 3 is 2.58 bits per heavy atom. The summed E-state index contributed by atoms with van der Waals surface area (Å²) in [4.78, 5) is 24.8.